The molecule has 0 spiro atoms. The molecule has 0 fully saturated rings. The van der Waals surface area contributed by atoms with Gasteiger partial charge in [-0.15, -0.1) is 24.3 Å². The largest absolute Gasteiger partial charge is 0.394 e. The Morgan fingerprint density at radius 3 is 2.53 bits per heavy atom. The number of benzene rings is 1. The molecule has 0 unspecified atom stereocenters. The Morgan fingerprint density at radius 2 is 1.93 bits per heavy atom. The van der Waals surface area contributed by atoms with Crippen LogP contribution in [-0.2, 0) is 32.7 Å². The van der Waals surface area contributed by atoms with E-state index in [1.807, 2.05) is 0 Å². The summed E-state index contributed by atoms with van der Waals surface area (Å²) in [6.07, 6.45) is 5.29. The Hall–Kier alpha value is -0.396. The normalized spacial score (nSPS) is 15.0. The summed E-state index contributed by atoms with van der Waals surface area (Å²) in [5, 5.41) is 3.26. The molecule has 0 saturated heterocycles. The van der Waals surface area contributed by atoms with Gasteiger partial charge in [-0.05, 0) is 13.3 Å². The quantitative estimate of drug-likeness (QED) is 0.775. The maximum atomic E-state index is 3.94. The molecule has 1 aliphatic rings. The number of nitrogens with one attached hydrogen (secondary N) is 1. The summed E-state index contributed by atoms with van der Waals surface area (Å²) in [6, 6.07) is 8.46. The van der Waals surface area contributed by atoms with Crippen LogP contribution < -0.4 is 5.32 Å². The van der Waals surface area contributed by atoms with E-state index in [4.69, 9.17) is 0 Å². The smallest absolute Gasteiger partial charge is 0.00391 e. The number of rotatable bonds is 1. The van der Waals surface area contributed by atoms with E-state index in [0.717, 1.165) is 24.2 Å². The first kappa shape index (κ1) is 12.7. The zero-order chi connectivity index (χ0) is 9.97. The molecule has 0 atom stereocenters. The Labute approximate surface area is 117 Å². The van der Waals surface area contributed by atoms with Crippen molar-refractivity contribution < 1.29 is 32.7 Å². The van der Waals surface area contributed by atoms with E-state index in [-0.39, 0.29) is 32.7 Å². The van der Waals surface area contributed by atoms with Crippen LogP contribution in [-0.4, -0.2) is 0 Å². The van der Waals surface area contributed by atoms with Gasteiger partial charge < -0.3 is 5.32 Å². The summed E-state index contributed by atoms with van der Waals surface area (Å²) >= 11 is 0. The van der Waals surface area contributed by atoms with E-state index in [9.17, 15) is 0 Å². The van der Waals surface area contributed by atoms with Gasteiger partial charge in [0.25, 0.3) is 0 Å². The van der Waals surface area contributed by atoms with Crippen LogP contribution in [0.1, 0.15) is 24.0 Å². The van der Waals surface area contributed by atoms with Gasteiger partial charge in [0.05, 0.1) is 0 Å². The molecule has 0 aromatic heterocycles. The Kier molecular flexibility index (Phi) is 4.75. The van der Waals surface area contributed by atoms with E-state index in [1.165, 1.54) is 11.1 Å². The first-order valence-electron chi connectivity index (χ1n) is 4.88. The van der Waals surface area contributed by atoms with E-state index < -0.39 is 0 Å². The molecule has 0 bridgehead atoms. The molecule has 1 N–H and O–H groups in total. The number of hydrogen-bond donors (Lipinski definition) is 1. The molecule has 15 heavy (non-hydrogen) atoms. The third-order valence-corrected chi connectivity index (χ3v) is 2.37. The van der Waals surface area contributed by atoms with Crippen molar-refractivity contribution in [2.75, 3.05) is 0 Å². The summed E-state index contributed by atoms with van der Waals surface area (Å²) < 4.78 is 0. The van der Waals surface area contributed by atoms with E-state index >= 15 is 0 Å². The fourth-order valence-corrected chi connectivity index (χ4v) is 1.52. The fourth-order valence-electron chi connectivity index (χ4n) is 1.52. The van der Waals surface area contributed by atoms with Crippen molar-refractivity contribution in [3.63, 3.8) is 0 Å². The summed E-state index contributed by atoms with van der Waals surface area (Å²) in [4.78, 5) is 0. The first-order valence-corrected chi connectivity index (χ1v) is 4.88. The minimum Gasteiger partial charge on any atom is -0.394 e. The second-order valence-corrected chi connectivity index (χ2v) is 3.65. The third kappa shape index (κ3) is 3.29. The molecule has 0 aliphatic carbocycles. The van der Waals surface area contributed by atoms with Gasteiger partial charge in [0.2, 0.25) is 0 Å². The second-order valence-electron chi connectivity index (χ2n) is 3.65. The monoisotopic (exact) mass is 273 g/mol. The minimum atomic E-state index is 0. The number of allylic oxidation sites excluding steroid dienone is 2. The fraction of sp³-hybridized carbons (Fsp3) is 0.231. The second kappa shape index (κ2) is 5.62. The molecule has 1 aromatic rings. The molecule has 75 valence electrons. The average molecular weight is 273 g/mol. The van der Waals surface area contributed by atoms with Crippen LogP contribution in [0.25, 0.3) is 5.70 Å². The number of aryl methyl sites for hydroxylation is 1. The van der Waals surface area contributed by atoms with Gasteiger partial charge in [-0.25, -0.2) is 6.08 Å². The van der Waals surface area contributed by atoms with Crippen molar-refractivity contribution in [2.45, 2.75) is 19.8 Å². The molecule has 1 aromatic carbocycles. The van der Waals surface area contributed by atoms with Crippen LogP contribution >= 0.6 is 0 Å². The minimum absolute atomic E-state index is 0. The van der Waals surface area contributed by atoms with Crippen LogP contribution in [0.5, 0.6) is 0 Å². The van der Waals surface area contributed by atoms with Gasteiger partial charge in [-0.2, -0.15) is 5.56 Å². The van der Waals surface area contributed by atoms with Crippen molar-refractivity contribution in [3.05, 3.63) is 53.7 Å². The SMILES string of the molecule is C=C1CC[C-]=C(c2ccc(C)cc2)N1.[Y]. The van der Waals surface area contributed by atoms with E-state index in [0.29, 0.717) is 0 Å². The standard InChI is InChI=1S/C13H14N.Y/c1-10-6-8-12(9-7-10)13-5-3-4-11(2)14-13;/h6-9,14H,2-4H2,1H3;/q-1;. The molecule has 2 rings (SSSR count). The molecule has 1 heterocycles. The summed E-state index contributed by atoms with van der Waals surface area (Å²) in [7, 11) is 0. The molecular weight excluding hydrogens is 259 g/mol. The van der Waals surface area contributed by atoms with Gasteiger partial charge in [0, 0.05) is 38.4 Å². The predicted molar refractivity (Wildman–Crippen MR) is 59.3 cm³/mol. The summed E-state index contributed by atoms with van der Waals surface area (Å²) in [6.45, 7) is 6.03. The topological polar surface area (TPSA) is 12.0 Å². The molecule has 1 aliphatic heterocycles. The van der Waals surface area contributed by atoms with Gasteiger partial charge in [0.1, 0.15) is 0 Å². The van der Waals surface area contributed by atoms with Crippen LogP contribution in [0.4, 0.5) is 0 Å². The summed E-state index contributed by atoms with van der Waals surface area (Å²) in [5.41, 5.74) is 4.63. The molecule has 0 saturated carbocycles. The molecule has 2 heteroatoms. The van der Waals surface area contributed by atoms with Crippen LogP contribution in [0.2, 0.25) is 0 Å². The van der Waals surface area contributed by atoms with Crippen molar-refractivity contribution in [3.8, 4) is 0 Å². The predicted octanol–water partition coefficient (Wildman–Crippen LogP) is 3.03. The van der Waals surface area contributed by atoms with E-state index in [2.05, 4.69) is 49.2 Å². The van der Waals surface area contributed by atoms with Crippen LogP contribution in [0.15, 0.2) is 36.5 Å². The maximum Gasteiger partial charge on any atom is 0.00391 e. The van der Waals surface area contributed by atoms with Crippen LogP contribution in [0, 0.1) is 13.0 Å². The maximum absolute atomic E-state index is 3.94. The zero-order valence-electron chi connectivity index (χ0n) is 9.01. The molecule has 1 nitrogen and oxygen atoms in total. The Bertz CT molecular complexity index is 376. The van der Waals surface area contributed by atoms with Crippen molar-refractivity contribution in [2.24, 2.45) is 0 Å². The first-order chi connectivity index (χ1) is 6.75. The van der Waals surface area contributed by atoms with Gasteiger partial charge in [-0.3, -0.25) is 0 Å². The summed E-state index contributed by atoms with van der Waals surface area (Å²) in [5.74, 6) is 0. The molecular formula is C13H14NY-. The van der Waals surface area contributed by atoms with Crippen molar-refractivity contribution >= 4 is 5.70 Å². The molecule has 0 amide bonds. The van der Waals surface area contributed by atoms with Crippen molar-refractivity contribution in [1.82, 2.24) is 5.32 Å². The van der Waals surface area contributed by atoms with E-state index in [1.54, 1.807) is 0 Å². The third-order valence-electron chi connectivity index (χ3n) is 2.37. The van der Waals surface area contributed by atoms with Gasteiger partial charge >= 0.3 is 0 Å². The average Bonchev–Trinajstić information content (AvgIpc) is 2.19. The number of hydrogen-bond acceptors (Lipinski definition) is 1. The van der Waals surface area contributed by atoms with Crippen LogP contribution in [0.3, 0.4) is 0 Å². The Balaban J connectivity index is 0.00000112. The molecule has 1 radical (unpaired) electrons. The van der Waals surface area contributed by atoms with Gasteiger partial charge in [-0.1, -0.05) is 24.3 Å². The van der Waals surface area contributed by atoms with Gasteiger partial charge in [0.15, 0.2) is 0 Å². The Morgan fingerprint density at radius 1 is 1.27 bits per heavy atom. The van der Waals surface area contributed by atoms with Crippen molar-refractivity contribution in [1.29, 1.82) is 0 Å². The zero-order valence-corrected chi connectivity index (χ0v) is 11.8.